The third-order valence-electron chi connectivity index (χ3n) is 5.71. The minimum absolute atomic E-state index is 0.255. The second-order valence-electron chi connectivity index (χ2n) is 7.96. The van der Waals surface area contributed by atoms with Crippen LogP contribution in [0.15, 0.2) is 78.9 Å². The van der Waals surface area contributed by atoms with Gasteiger partial charge in [0, 0.05) is 17.7 Å². The molecule has 5 rings (SSSR count). The van der Waals surface area contributed by atoms with Gasteiger partial charge in [-0.1, -0.05) is 54.6 Å². The number of aromatic nitrogens is 2. The highest BCUT2D eigenvalue weighted by Crippen LogP contribution is 2.35. The topological polar surface area (TPSA) is 39.1 Å². The molecule has 0 atom stereocenters. The first-order valence-corrected chi connectivity index (χ1v) is 10.9. The van der Waals surface area contributed by atoms with Crippen LogP contribution in [0.3, 0.4) is 0 Å². The van der Waals surface area contributed by atoms with Gasteiger partial charge >= 0.3 is 6.36 Å². The van der Waals surface area contributed by atoms with Gasteiger partial charge in [0.1, 0.15) is 11.6 Å². The van der Waals surface area contributed by atoms with Crippen molar-refractivity contribution in [1.82, 2.24) is 9.78 Å². The van der Waals surface area contributed by atoms with Gasteiger partial charge in [0.2, 0.25) is 0 Å². The number of nitrogens with zero attached hydrogens (tertiary/aromatic N) is 2. The molecule has 0 spiro atoms. The van der Waals surface area contributed by atoms with E-state index in [1.54, 1.807) is 16.8 Å². The maximum Gasteiger partial charge on any atom is 0.573 e. The zero-order valence-electron chi connectivity index (χ0n) is 17.8. The maximum atomic E-state index is 12.5. The van der Waals surface area contributed by atoms with E-state index in [1.165, 1.54) is 12.1 Å². The third-order valence-corrected chi connectivity index (χ3v) is 5.71. The first-order chi connectivity index (χ1) is 16.0. The Bertz CT molecular complexity index is 1230. The molecule has 0 saturated carbocycles. The second-order valence-corrected chi connectivity index (χ2v) is 7.96. The van der Waals surface area contributed by atoms with Crippen molar-refractivity contribution in [3.8, 4) is 33.8 Å². The molecule has 168 valence electrons. The van der Waals surface area contributed by atoms with E-state index in [9.17, 15) is 13.2 Å². The smallest absolute Gasteiger partial charge is 0.406 e. The lowest BCUT2D eigenvalue weighted by Gasteiger charge is -2.11. The summed E-state index contributed by atoms with van der Waals surface area (Å²) in [6.07, 6.45) is -1.75. The zero-order chi connectivity index (χ0) is 22.8. The molecule has 0 aliphatic carbocycles. The highest BCUT2D eigenvalue weighted by molar-refractivity contribution is 5.74. The number of nitrogens with one attached hydrogen (secondary N) is 1. The Morgan fingerprint density at radius 2 is 1.45 bits per heavy atom. The number of benzene rings is 3. The fourth-order valence-corrected chi connectivity index (χ4v) is 4.16. The Labute approximate surface area is 189 Å². The van der Waals surface area contributed by atoms with Gasteiger partial charge in [0.05, 0.1) is 11.4 Å². The van der Waals surface area contributed by atoms with Crippen LogP contribution >= 0.6 is 0 Å². The molecule has 4 nitrogen and oxygen atoms in total. The summed E-state index contributed by atoms with van der Waals surface area (Å²) in [7, 11) is 0. The molecule has 0 bridgehead atoms. The average Bonchev–Trinajstić information content (AvgIpc) is 3.00. The number of halogens is 3. The quantitative estimate of drug-likeness (QED) is 0.370. The minimum Gasteiger partial charge on any atom is -0.406 e. The number of alkyl halides is 3. The molecule has 0 unspecified atom stereocenters. The Morgan fingerprint density at radius 1 is 0.788 bits per heavy atom. The lowest BCUT2D eigenvalue weighted by Crippen LogP contribution is -2.17. The lowest BCUT2D eigenvalue weighted by molar-refractivity contribution is -0.274. The van der Waals surface area contributed by atoms with Crippen molar-refractivity contribution >= 4 is 5.82 Å². The van der Waals surface area contributed by atoms with Crippen LogP contribution in [0.2, 0.25) is 0 Å². The number of hydrogen-bond acceptors (Lipinski definition) is 3. The van der Waals surface area contributed by atoms with E-state index in [0.717, 1.165) is 59.6 Å². The predicted octanol–water partition coefficient (Wildman–Crippen LogP) is 6.85. The van der Waals surface area contributed by atoms with E-state index in [1.807, 2.05) is 18.2 Å². The molecule has 2 heterocycles. The van der Waals surface area contributed by atoms with Crippen molar-refractivity contribution in [2.24, 2.45) is 0 Å². The van der Waals surface area contributed by atoms with E-state index >= 15 is 0 Å². The van der Waals surface area contributed by atoms with Gasteiger partial charge in [0.25, 0.3) is 0 Å². The van der Waals surface area contributed by atoms with Crippen LogP contribution in [0.1, 0.15) is 18.4 Å². The first-order valence-electron chi connectivity index (χ1n) is 10.9. The van der Waals surface area contributed by atoms with Crippen molar-refractivity contribution in [1.29, 1.82) is 0 Å². The predicted molar refractivity (Wildman–Crippen MR) is 123 cm³/mol. The van der Waals surface area contributed by atoms with Crippen molar-refractivity contribution in [3.05, 3.63) is 84.4 Å². The Hall–Kier alpha value is -3.74. The molecular formula is C26H22F3N3O. The van der Waals surface area contributed by atoms with E-state index in [-0.39, 0.29) is 5.75 Å². The van der Waals surface area contributed by atoms with Crippen molar-refractivity contribution in [2.45, 2.75) is 25.6 Å². The normalized spacial score (nSPS) is 13.7. The van der Waals surface area contributed by atoms with Crippen molar-refractivity contribution < 1.29 is 17.9 Å². The summed E-state index contributed by atoms with van der Waals surface area (Å²) in [6.45, 7) is 0.820. The fraction of sp³-hybridized carbons (Fsp3) is 0.192. The van der Waals surface area contributed by atoms with Gasteiger partial charge in [-0.25, -0.2) is 4.68 Å². The van der Waals surface area contributed by atoms with Crippen LogP contribution in [0.4, 0.5) is 19.0 Å². The summed E-state index contributed by atoms with van der Waals surface area (Å²) >= 11 is 0. The summed E-state index contributed by atoms with van der Waals surface area (Å²) in [5, 5.41) is 8.33. The van der Waals surface area contributed by atoms with E-state index in [4.69, 9.17) is 5.10 Å². The highest BCUT2D eigenvalue weighted by atomic mass is 19.4. The van der Waals surface area contributed by atoms with E-state index in [2.05, 4.69) is 46.5 Å². The molecular weight excluding hydrogens is 427 g/mol. The number of fused-ring (bicyclic) bond motifs is 1. The standard InChI is InChI=1S/C26H22F3N3O/c27-26(28,29)33-22-15-13-21(14-16-22)32-25-23(8-4-5-17-30-25)24(31-32)20-11-9-19(10-12-20)18-6-2-1-3-7-18/h1-3,6-7,9-16,30H,4-5,8,17H2. The molecule has 1 aliphatic rings. The SMILES string of the molecule is FC(F)(F)Oc1ccc(-n2nc(-c3ccc(-c4ccccc4)cc3)c3c2NCCCC3)cc1. The van der Waals surface area contributed by atoms with Gasteiger partial charge in [0.15, 0.2) is 0 Å². The first kappa shape index (κ1) is 21.1. The summed E-state index contributed by atoms with van der Waals surface area (Å²) in [4.78, 5) is 0. The molecule has 1 N–H and O–H groups in total. The Balaban J connectivity index is 1.52. The average molecular weight is 449 g/mol. The van der Waals surface area contributed by atoms with Gasteiger partial charge in [-0.05, 0) is 54.7 Å². The minimum atomic E-state index is -4.72. The van der Waals surface area contributed by atoms with Crippen LogP contribution in [0.25, 0.3) is 28.1 Å². The number of rotatable bonds is 4. The Morgan fingerprint density at radius 3 is 2.15 bits per heavy atom. The number of ether oxygens (including phenoxy) is 1. The van der Waals surface area contributed by atoms with E-state index < -0.39 is 6.36 Å². The highest BCUT2D eigenvalue weighted by Gasteiger charge is 2.31. The molecule has 3 aromatic carbocycles. The molecule has 0 amide bonds. The number of hydrogen-bond donors (Lipinski definition) is 1. The molecule has 1 aromatic heterocycles. The largest absolute Gasteiger partial charge is 0.573 e. The van der Waals surface area contributed by atoms with Gasteiger partial charge in [-0.2, -0.15) is 5.10 Å². The number of anilines is 1. The molecule has 1 aliphatic heterocycles. The summed E-state index contributed by atoms with van der Waals surface area (Å²) < 4.78 is 43.3. The summed E-state index contributed by atoms with van der Waals surface area (Å²) in [6, 6.07) is 24.3. The van der Waals surface area contributed by atoms with Crippen molar-refractivity contribution in [3.63, 3.8) is 0 Å². The van der Waals surface area contributed by atoms with E-state index in [0.29, 0.717) is 5.69 Å². The molecule has 33 heavy (non-hydrogen) atoms. The molecule has 0 saturated heterocycles. The second kappa shape index (κ2) is 8.65. The third kappa shape index (κ3) is 4.58. The molecule has 4 aromatic rings. The Kier molecular flexibility index (Phi) is 5.54. The maximum absolute atomic E-state index is 12.5. The van der Waals surface area contributed by atoms with Crippen LogP contribution in [-0.2, 0) is 6.42 Å². The van der Waals surface area contributed by atoms with Gasteiger partial charge in [-0.3, -0.25) is 0 Å². The van der Waals surface area contributed by atoms with Crippen LogP contribution in [0.5, 0.6) is 5.75 Å². The van der Waals surface area contributed by atoms with Crippen LogP contribution in [-0.4, -0.2) is 22.7 Å². The van der Waals surface area contributed by atoms with Gasteiger partial charge < -0.3 is 10.1 Å². The summed E-state index contributed by atoms with van der Waals surface area (Å²) in [5.41, 5.74) is 5.96. The summed E-state index contributed by atoms with van der Waals surface area (Å²) in [5.74, 6) is 0.633. The molecule has 0 radical (unpaired) electrons. The monoisotopic (exact) mass is 449 g/mol. The lowest BCUT2D eigenvalue weighted by atomic mass is 10.00. The van der Waals surface area contributed by atoms with Crippen LogP contribution < -0.4 is 10.1 Å². The molecule has 7 heteroatoms. The van der Waals surface area contributed by atoms with Crippen LogP contribution in [0, 0.1) is 0 Å². The fourth-order valence-electron chi connectivity index (χ4n) is 4.16. The van der Waals surface area contributed by atoms with Crippen molar-refractivity contribution in [2.75, 3.05) is 11.9 Å². The molecule has 0 fully saturated rings. The van der Waals surface area contributed by atoms with Gasteiger partial charge in [-0.15, -0.1) is 13.2 Å². The zero-order valence-corrected chi connectivity index (χ0v) is 17.8.